The van der Waals surface area contributed by atoms with Gasteiger partial charge in [-0.1, -0.05) is 34.6 Å². The molecule has 2 aliphatic heterocycles. The smallest absolute Gasteiger partial charge is 0.0124 e. The predicted octanol–water partition coefficient (Wildman–Crippen LogP) is 3.15. The number of nitrogens with zero attached hydrogens (tertiary/aromatic N) is 1. The summed E-state index contributed by atoms with van der Waals surface area (Å²) in [4.78, 5) is 2.73. The fraction of sp³-hybridized carbons (Fsp3) is 1.00. The van der Waals surface area contributed by atoms with Gasteiger partial charge in [-0.15, -0.1) is 0 Å². The lowest BCUT2D eigenvalue weighted by Gasteiger charge is -2.41. The average molecular weight is 195 g/mol. The van der Waals surface area contributed by atoms with Gasteiger partial charge in [0.25, 0.3) is 0 Å². The van der Waals surface area contributed by atoms with E-state index in [9.17, 15) is 0 Å². The molecule has 2 saturated heterocycles. The van der Waals surface area contributed by atoms with Crippen LogP contribution in [0, 0.1) is 16.7 Å². The van der Waals surface area contributed by atoms with Crippen LogP contribution in [0.1, 0.15) is 47.5 Å². The molecule has 0 amide bonds. The van der Waals surface area contributed by atoms with Crippen molar-refractivity contribution in [3.63, 3.8) is 0 Å². The molecule has 0 aromatic carbocycles. The Kier molecular flexibility index (Phi) is 2.23. The quantitative estimate of drug-likeness (QED) is 0.621. The first-order chi connectivity index (χ1) is 6.36. The molecule has 0 aliphatic carbocycles. The molecule has 0 aromatic rings. The summed E-state index contributed by atoms with van der Waals surface area (Å²) in [5.74, 6) is 0.833. The van der Waals surface area contributed by atoms with E-state index in [1.54, 1.807) is 0 Å². The van der Waals surface area contributed by atoms with Crippen LogP contribution in [0.4, 0.5) is 0 Å². The van der Waals surface area contributed by atoms with Gasteiger partial charge < -0.3 is 0 Å². The van der Waals surface area contributed by atoms with E-state index in [-0.39, 0.29) is 0 Å². The third-order valence-electron chi connectivity index (χ3n) is 4.81. The monoisotopic (exact) mass is 195 g/mol. The van der Waals surface area contributed by atoms with Crippen LogP contribution in [0.25, 0.3) is 0 Å². The Morgan fingerprint density at radius 3 is 2.29 bits per heavy atom. The Balaban J connectivity index is 2.19. The van der Waals surface area contributed by atoms with Crippen LogP contribution in [-0.2, 0) is 0 Å². The Morgan fingerprint density at radius 1 is 1.29 bits per heavy atom. The Labute approximate surface area is 88.9 Å². The van der Waals surface area contributed by atoms with Gasteiger partial charge in [-0.2, -0.15) is 0 Å². The number of piperidine rings is 1. The largest absolute Gasteiger partial charge is 0.300 e. The van der Waals surface area contributed by atoms with Gasteiger partial charge in [0, 0.05) is 12.6 Å². The number of rotatable bonds is 1. The molecular formula is C13H25N. The molecule has 14 heavy (non-hydrogen) atoms. The van der Waals surface area contributed by atoms with Gasteiger partial charge in [-0.25, -0.2) is 0 Å². The lowest BCUT2D eigenvalue weighted by Crippen LogP contribution is -2.38. The van der Waals surface area contributed by atoms with E-state index < -0.39 is 0 Å². The molecule has 2 fully saturated rings. The van der Waals surface area contributed by atoms with E-state index in [1.807, 2.05) is 0 Å². The van der Waals surface area contributed by atoms with Crippen molar-refractivity contribution in [3.05, 3.63) is 0 Å². The number of fused-ring (bicyclic) bond motifs is 2. The van der Waals surface area contributed by atoms with Gasteiger partial charge in [0.1, 0.15) is 0 Å². The molecule has 0 spiro atoms. The molecule has 3 unspecified atom stereocenters. The molecule has 82 valence electrons. The summed E-state index contributed by atoms with van der Waals surface area (Å²) < 4.78 is 0. The van der Waals surface area contributed by atoms with E-state index in [2.05, 4.69) is 39.5 Å². The molecule has 1 heteroatoms. The van der Waals surface area contributed by atoms with Crippen molar-refractivity contribution in [2.24, 2.45) is 16.7 Å². The maximum atomic E-state index is 2.73. The Morgan fingerprint density at radius 2 is 1.93 bits per heavy atom. The van der Waals surface area contributed by atoms with Crippen molar-refractivity contribution in [3.8, 4) is 0 Å². The Hall–Kier alpha value is -0.0400. The fourth-order valence-electron chi connectivity index (χ4n) is 3.46. The molecule has 3 atom stereocenters. The normalized spacial score (nSPS) is 42.4. The molecule has 0 saturated carbocycles. The zero-order valence-corrected chi connectivity index (χ0v) is 10.4. The third-order valence-corrected chi connectivity index (χ3v) is 4.81. The van der Waals surface area contributed by atoms with E-state index in [0.717, 1.165) is 12.0 Å². The van der Waals surface area contributed by atoms with Crippen molar-refractivity contribution in [2.45, 2.75) is 53.5 Å². The van der Waals surface area contributed by atoms with Crippen molar-refractivity contribution >= 4 is 0 Å². The first-order valence-corrected chi connectivity index (χ1v) is 6.10. The van der Waals surface area contributed by atoms with Gasteiger partial charge >= 0.3 is 0 Å². The molecule has 2 heterocycles. The lowest BCUT2D eigenvalue weighted by atomic mass is 9.63. The predicted molar refractivity (Wildman–Crippen MR) is 61.3 cm³/mol. The van der Waals surface area contributed by atoms with Gasteiger partial charge in [-0.05, 0) is 36.1 Å². The number of hydrogen-bond donors (Lipinski definition) is 0. The second-order valence-electron chi connectivity index (χ2n) is 6.77. The van der Waals surface area contributed by atoms with Crippen molar-refractivity contribution in [1.82, 2.24) is 4.90 Å². The summed E-state index contributed by atoms with van der Waals surface area (Å²) in [6.45, 7) is 14.8. The summed E-state index contributed by atoms with van der Waals surface area (Å²) >= 11 is 0. The summed E-state index contributed by atoms with van der Waals surface area (Å²) in [5, 5.41) is 0. The second-order valence-corrected chi connectivity index (χ2v) is 6.77. The standard InChI is InChI=1S/C13H25N/c1-10(2)11-8-13(12(3,4)5)6-7-14(11)9-13/h10-11H,6-9H2,1-5H3. The van der Waals surface area contributed by atoms with Crippen LogP contribution in [0.2, 0.25) is 0 Å². The first-order valence-electron chi connectivity index (χ1n) is 6.10. The van der Waals surface area contributed by atoms with Crippen molar-refractivity contribution < 1.29 is 0 Å². The van der Waals surface area contributed by atoms with Crippen LogP contribution >= 0.6 is 0 Å². The minimum Gasteiger partial charge on any atom is -0.300 e. The maximum Gasteiger partial charge on any atom is 0.0124 e. The Bertz CT molecular complexity index is 226. The second kappa shape index (κ2) is 2.98. The highest BCUT2D eigenvalue weighted by atomic mass is 15.2. The van der Waals surface area contributed by atoms with Crippen molar-refractivity contribution in [2.75, 3.05) is 13.1 Å². The highest BCUT2D eigenvalue weighted by Crippen LogP contribution is 2.55. The summed E-state index contributed by atoms with van der Waals surface area (Å²) in [5.41, 5.74) is 1.12. The van der Waals surface area contributed by atoms with Crippen LogP contribution in [0.5, 0.6) is 0 Å². The zero-order chi connectivity index (χ0) is 10.6. The van der Waals surface area contributed by atoms with Crippen LogP contribution in [0.3, 0.4) is 0 Å². The van der Waals surface area contributed by atoms with E-state index in [0.29, 0.717) is 10.8 Å². The lowest BCUT2D eigenvalue weighted by molar-refractivity contribution is 0.0985. The zero-order valence-electron chi connectivity index (χ0n) is 10.4. The summed E-state index contributed by atoms with van der Waals surface area (Å²) in [6, 6.07) is 0.864. The van der Waals surface area contributed by atoms with Crippen LogP contribution in [0.15, 0.2) is 0 Å². The molecule has 1 nitrogen and oxygen atoms in total. The highest BCUT2D eigenvalue weighted by Gasteiger charge is 2.55. The third kappa shape index (κ3) is 1.32. The molecular weight excluding hydrogens is 170 g/mol. The SMILES string of the molecule is CC(C)C1CC2(C(C)(C)C)CCN1C2. The first kappa shape index (κ1) is 10.5. The molecule has 0 aromatic heterocycles. The summed E-state index contributed by atoms with van der Waals surface area (Å²) in [7, 11) is 0. The van der Waals surface area contributed by atoms with Gasteiger partial charge in [-0.3, -0.25) is 4.90 Å². The van der Waals surface area contributed by atoms with E-state index in [4.69, 9.17) is 0 Å². The van der Waals surface area contributed by atoms with Crippen molar-refractivity contribution in [1.29, 1.82) is 0 Å². The average Bonchev–Trinajstić information content (AvgIpc) is 2.59. The van der Waals surface area contributed by atoms with E-state index in [1.165, 1.54) is 25.9 Å². The van der Waals surface area contributed by atoms with Gasteiger partial charge in [0.15, 0.2) is 0 Å². The topological polar surface area (TPSA) is 3.24 Å². The van der Waals surface area contributed by atoms with Crippen LogP contribution in [-0.4, -0.2) is 24.0 Å². The van der Waals surface area contributed by atoms with E-state index >= 15 is 0 Å². The molecule has 2 aliphatic rings. The van der Waals surface area contributed by atoms with Gasteiger partial charge in [0.05, 0.1) is 0 Å². The highest BCUT2D eigenvalue weighted by molar-refractivity contribution is 5.07. The number of hydrogen-bond acceptors (Lipinski definition) is 1. The van der Waals surface area contributed by atoms with Gasteiger partial charge in [0.2, 0.25) is 0 Å². The molecule has 2 bridgehead atoms. The fourth-order valence-corrected chi connectivity index (χ4v) is 3.46. The molecule has 2 rings (SSSR count). The minimum absolute atomic E-state index is 0.491. The summed E-state index contributed by atoms with van der Waals surface area (Å²) in [6.07, 6.45) is 2.87. The minimum atomic E-state index is 0.491. The maximum absolute atomic E-state index is 2.73. The molecule has 0 N–H and O–H groups in total. The van der Waals surface area contributed by atoms with Crippen LogP contribution < -0.4 is 0 Å². The molecule has 0 radical (unpaired) electrons.